The van der Waals surface area contributed by atoms with E-state index in [2.05, 4.69) is 11.9 Å². The summed E-state index contributed by atoms with van der Waals surface area (Å²) in [5.41, 5.74) is -1.54. The number of hydrogen-bond donors (Lipinski definition) is 2. The van der Waals surface area contributed by atoms with Crippen LogP contribution in [0, 0.1) is 0 Å². The summed E-state index contributed by atoms with van der Waals surface area (Å²) in [4.78, 5) is 37.9. The van der Waals surface area contributed by atoms with Crippen molar-refractivity contribution in [3.05, 3.63) is 48.6 Å². The second-order valence-corrected chi connectivity index (χ2v) is 10.1. The number of nitrogens with zero attached hydrogens (tertiary/aromatic N) is 1. The van der Waals surface area contributed by atoms with E-state index in [4.69, 9.17) is 4.74 Å². The molecule has 2 heterocycles. The zero-order valence-electron chi connectivity index (χ0n) is 16.0. The van der Waals surface area contributed by atoms with Gasteiger partial charge in [-0.15, -0.1) is 6.58 Å². The second-order valence-electron chi connectivity index (χ2n) is 7.47. The van der Waals surface area contributed by atoms with E-state index in [9.17, 15) is 27.9 Å². The largest absolute Gasteiger partial charge is 0.479 e. The third-order valence-corrected chi connectivity index (χ3v) is 8.60. The summed E-state index contributed by atoms with van der Waals surface area (Å²) < 4.78 is 29.1. The number of sulfone groups is 1. The van der Waals surface area contributed by atoms with Crippen molar-refractivity contribution in [2.24, 2.45) is 0 Å². The fraction of sp³-hybridized carbons (Fsp3) is 0.421. The molecule has 0 aromatic heterocycles. The maximum atomic E-state index is 12.9. The Balaban J connectivity index is 1.92. The topological polar surface area (TPSA) is 130 Å². The number of ether oxygens (including phenoxy) is 1. The molecule has 2 amide bonds. The number of amides is 2. The Morgan fingerprint density at radius 2 is 2.00 bits per heavy atom. The van der Waals surface area contributed by atoms with Crippen LogP contribution in [0.2, 0.25) is 0 Å². The molecule has 0 bridgehead atoms. The lowest BCUT2D eigenvalue weighted by molar-refractivity contribution is -0.169. The minimum absolute atomic E-state index is 0.0659. The fourth-order valence-electron chi connectivity index (χ4n) is 4.15. The number of rotatable bonds is 6. The Hall–Kier alpha value is -2.88. The number of alkyl carbamates (subject to hydrolysis) is 1. The van der Waals surface area contributed by atoms with Crippen LogP contribution in [-0.4, -0.2) is 58.1 Å². The second kappa shape index (κ2) is 6.87. The molecule has 2 saturated heterocycles. The molecule has 1 aromatic rings. The Labute approximate surface area is 168 Å². The molecule has 156 valence electrons. The Morgan fingerprint density at radius 3 is 2.52 bits per heavy atom. The third kappa shape index (κ3) is 2.73. The van der Waals surface area contributed by atoms with Crippen molar-refractivity contribution in [3.63, 3.8) is 0 Å². The summed E-state index contributed by atoms with van der Waals surface area (Å²) in [7, 11) is -4.01. The molecule has 2 aliphatic rings. The Kier molecular flexibility index (Phi) is 4.94. The first-order valence-corrected chi connectivity index (χ1v) is 10.4. The average molecular weight is 422 g/mol. The monoisotopic (exact) mass is 422 g/mol. The quantitative estimate of drug-likeness (QED) is 0.518. The maximum absolute atomic E-state index is 12.9. The summed E-state index contributed by atoms with van der Waals surface area (Å²) in [5, 5.41) is 11.2. The first-order chi connectivity index (χ1) is 13.5. The highest BCUT2D eigenvalue weighted by atomic mass is 32.2. The number of nitrogens with one attached hydrogen (secondary N) is 1. The number of fused-ring (bicyclic) bond motifs is 1. The molecule has 9 nitrogen and oxygen atoms in total. The highest BCUT2D eigenvalue weighted by Crippen LogP contribution is 2.54. The van der Waals surface area contributed by atoms with Gasteiger partial charge in [0.15, 0.2) is 15.4 Å². The van der Waals surface area contributed by atoms with E-state index in [1.54, 1.807) is 30.3 Å². The summed E-state index contributed by atoms with van der Waals surface area (Å²) in [5.74, 6) is -2.16. The zero-order valence-corrected chi connectivity index (χ0v) is 16.8. The molecular weight excluding hydrogens is 400 g/mol. The maximum Gasteiger partial charge on any atom is 0.408 e. The predicted octanol–water partition coefficient (Wildman–Crippen LogP) is 1.06. The molecule has 29 heavy (non-hydrogen) atoms. The van der Waals surface area contributed by atoms with Crippen molar-refractivity contribution in [2.75, 3.05) is 0 Å². The van der Waals surface area contributed by atoms with Gasteiger partial charge in [0.25, 0.3) is 0 Å². The van der Waals surface area contributed by atoms with Crippen LogP contribution in [-0.2, 0) is 30.8 Å². The van der Waals surface area contributed by atoms with Gasteiger partial charge in [0.05, 0.1) is 12.5 Å². The van der Waals surface area contributed by atoms with Crippen LogP contribution in [0.1, 0.15) is 25.8 Å². The number of hydrogen-bond acceptors (Lipinski definition) is 6. The van der Waals surface area contributed by atoms with Gasteiger partial charge in [-0.05, 0) is 19.4 Å². The molecular formula is C19H22N2O7S. The smallest absolute Gasteiger partial charge is 0.408 e. The van der Waals surface area contributed by atoms with Gasteiger partial charge in [-0.25, -0.2) is 18.0 Å². The first kappa shape index (κ1) is 20.8. The van der Waals surface area contributed by atoms with E-state index in [1.807, 2.05) is 0 Å². The van der Waals surface area contributed by atoms with Crippen LogP contribution in [0.3, 0.4) is 0 Å². The van der Waals surface area contributed by atoms with Crippen LogP contribution in [0.4, 0.5) is 4.79 Å². The highest BCUT2D eigenvalue weighted by Gasteiger charge is 2.79. The summed E-state index contributed by atoms with van der Waals surface area (Å²) >= 11 is 0. The number of carbonyl (C=O) groups excluding carboxylic acids is 2. The predicted molar refractivity (Wildman–Crippen MR) is 102 cm³/mol. The molecule has 2 N–H and O–H groups in total. The minimum Gasteiger partial charge on any atom is -0.479 e. The van der Waals surface area contributed by atoms with Crippen molar-refractivity contribution in [1.29, 1.82) is 0 Å². The van der Waals surface area contributed by atoms with Gasteiger partial charge in [0.1, 0.15) is 16.7 Å². The van der Waals surface area contributed by atoms with Crippen LogP contribution in [0.5, 0.6) is 0 Å². The summed E-state index contributed by atoms with van der Waals surface area (Å²) in [6, 6.07) is 7.42. The zero-order chi connectivity index (χ0) is 21.6. The van der Waals surface area contributed by atoms with Crippen molar-refractivity contribution in [1.82, 2.24) is 10.2 Å². The molecule has 0 saturated carbocycles. The van der Waals surface area contributed by atoms with E-state index < -0.39 is 49.5 Å². The van der Waals surface area contributed by atoms with Gasteiger partial charge in [-0.1, -0.05) is 36.4 Å². The van der Waals surface area contributed by atoms with Gasteiger partial charge in [-0.3, -0.25) is 4.79 Å². The van der Waals surface area contributed by atoms with Crippen molar-refractivity contribution in [2.45, 2.75) is 48.6 Å². The molecule has 2 aliphatic heterocycles. The van der Waals surface area contributed by atoms with Gasteiger partial charge in [0, 0.05) is 0 Å². The molecule has 3 atom stereocenters. The van der Waals surface area contributed by atoms with Crippen LogP contribution >= 0.6 is 0 Å². The van der Waals surface area contributed by atoms with E-state index in [0.717, 1.165) is 11.0 Å². The SMILES string of the molecule is C=CC(NC(=O)OCc1ccccc1)[C@@]1(C(=O)O)N2C(=O)C[C@H]2S(=O)(=O)C1(C)C. The molecule has 1 aromatic carbocycles. The van der Waals surface area contributed by atoms with Crippen molar-refractivity contribution in [3.8, 4) is 0 Å². The molecule has 10 heteroatoms. The normalized spacial score (nSPS) is 27.3. The van der Waals surface area contributed by atoms with Crippen LogP contribution < -0.4 is 5.32 Å². The van der Waals surface area contributed by atoms with Gasteiger partial charge in [-0.2, -0.15) is 0 Å². The number of carboxylic acids is 1. The lowest BCUT2D eigenvalue weighted by Gasteiger charge is -2.48. The highest BCUT2D eigenvalue weighted by molar-refractivity contribution is 7.94. The standard InChI is InChI=1S/C19H22N2O7S/c1-4-13(20-17(25)28-11-12-8-6-5-7-9-12)19(16(23)24)18(2,3)29(26,27)15-10-14(22)21(15)19/h4-9,13,15H,1,10-11H2,2-3H3,(H,20,25)(H,23,24)/t13?,15-,19+/m1/s1. The van der Waals surface area contributed by atoms with Gasteiger partial charge >= 0.3 is 12.1 Å². The molecule has 3 rings (SSSR count). The van der Waals surface area contributed by atoms with E-state index in [1.165, 1.54) is 13.8 Å². The fourth-order valence-corrected chi connectivity index (χ4v) is 6.50. The van der Waals surface area contributed by atoms with E-state index in [0.29, 0.717) is 5.56 Å². The van der Waals surface area contributed by atoms with Crippen LogP contribution in [0.25, 0.3) is 0 Å². The molecule has 0 radical (unpaired) electrons. The van der Waals surface area contributed by atoms with E-state index in [-0.39, 0.29) is 13.0 Å². The number of carbonyl (C=O) groups is 3. The lowest BCUT2D eigenvalue weighted by Crippen LogP contribution is -2.75. The van der Waals surface area contributed by atoms with Gasteiger partial charge in [0.2, 0.25) is 5.91 Å². The summed E-state index contributed by atoms with van der Waals surface area (Å²) in [6.45, 7) is 5.99. The third-order valence-electron chi connectivity index (χ3n) is 5.77. The molecule has 0 aliphatic carbocycles. The molecule has 0 spiro atoms. The molecule has 2 fully saturated rings. The van der Waals surface area contributed by atoms with Crippen LogP contribution in [0.15, 0.2) is 43.0 Å². The van der Waals surface area contributed by atoms with E-state index >= 15 is 0 Å². The number of aliphatic carboxylic acids is 1. The number of benzene rings is 1. The summed E-state index contributed by atoms with van der Waals surface area (Å²) in [6.07, 6.45) is -0.129. The lowest BCUT2D eigenvalue weighted by atomic mass is 9.75. The molecule has 1 unspecified atom stereocenters. The van der Waals surface area contributed by atoms with Gasteiger partial charge < -0.3 is 20.1 Å². The Bertz CT molecular complexity index is 974. The number of β-lactam (4-membered cyclic amide) rings is 1. The first-order valence-electron chi connectivity index (χ1n) is 8.90. The average Bonchev–Trinajstić information content (AvgIpc) is 2.77. The van der Waals surface area contributed by atoms with Crippen molar-refractivity contribution < 1.29 is 32.6 Å². The number of carboxylic acid groups (broad SMARTS) is 1. The van der Waals surface area contributed by atoms with Crippen molar-refractivity contribution >= 4 is 27.8 Å². The minimum atomic E-state index is -4.01. The Morgan fingerprint density at radius 1 is 1.38 bits per heavy atom.